The lowest BCUT2D eigenvalue weighted by atomic mass is 9.83. The predicted molar refractivity (Wildman–Crippen MR) is 49.6 cm³/mol. The Kier molecular flexibility index (Phi) is 2.36. The van der Waals surface area contributed by atoms with E-state index in [-0.39, 0.29) is 5.92 Å². The summed E-state index contributed by atoms with van der Waals surface area (Å²) in [4.78, 5) is 21.7. The third-order valence-corrected chi connectivity index (χ3v) is 2.86. The number of carboxylic acid groups (broad SMARTS) is 2. The fourth-order valence-corrected chi connectivity index (χ4v) is 2.09. The average molecular weight is 212 g/mol. The average Bonchev–Trinajstić information content (AvgIpc) is 2.16. The Morgan fingerprint density at radius 1 is 1.33 bits per heavy atom. The van der Waals surface area contributed by atoms with Gasteiger partial charge >= 0.3 is 11.9 Å². The third-order valence-electron chi connectivity index (χ3n) is 2.86. The summed E-state index contributed by atoms with van der Waals surface area (Å²) < 4.78 is 0. The van der Waals surface area contributed by atoms with Gasteiger partial charge in [0.2, 0.25) is 0 Å². The van der Waals surface area contributed by atoms with Crippen LogP contribution in [0.2, 0.25) is 0 Å². The van der Waals surface area contributed by atoms with Crippen LogP contribution in [0.3, 0.4) is 0 Å². The number of hydrogen-bond donors (Lipinski definition) is 3. The molecule has 0 radical (unpaired) electrons. The largest absolute Gasteiger partial charge is 0.481 e. The van der Waals surface area contributed by atoms with Crippen LogP contribution in [-0.4, -0.2) is 39.7 Å². The van der Waals surface area contributed by atoms with E-state index in [9.17, 15) is 9.59 Å². The van der Waals surface area contributed by atoms with Crippen LogP contribution in [0.4, 0.5) is 0 Å². The van der Waals surface area contributed by atoms with E-state index < -0.39 is 23.9 Å². The Hall–Kier alpha value is -1.56. The number of nitrogens with one attached hydrogen (secondary N) is 1. The maximum atomic E-state index is 10.9. The first-order valence-corrected chi connectivity index (χ1v) is 4.74. The van der Waals surface area contributed by atoms with Crippen LogP contribution in [-0.2, 0) is 9.59 Å². The second kappa shape index (κ2) is 3.54. The van der Waals surface area contributed by atoms with Gasteiger partial charge < -0.3 is 15.2 Å². The van der Waals surface area contributed by atoms with Gasteiger partial charge in [-0.3, -0.25) is 9.59 Å². The first-order valence-electron chi connectivity index (χ1n) is 4.74. The molecule has 6 nitrogen and oxygen atoms in total. The lowest BCUT2D eigenvalue weighted by Gasteiger charge is -2.41. The highest BCUT2D eigenvalue weighted by atomic mass is 16.4. The van der Waals surface area contributed by atoms with Crippen LogP contribution in [0.1, 0.15) is 6.42 Å². The van der Waals surface area contributed by atoms with Gasteiger partial charge in [0, 0.05) is 12.7 Å². The molecular formula is C9H12N2O4. The van der Waals surface area contributed by atoms with Crippen LogP contribution >= 0.6 is 0 Å². The van der Waals surface area contributed by atoms with Crippen molar-refractivity contribution in [2.75, 3.05) is 6.54 Å². The van der Waals surface area contributed by atoms with Gasteiger partial charge in [-0.1, -0.05) is 6.08 Å². The number of nitrogens with zero attached hydrogens (tertiary/aromatic N) is 1. The molecule has 1 saturated heterocycles. The molecule has 2 aliphatic rings. The molecule has 0 aromatic rings. The Morgan fingerprint density at radius 3 is 2.67 bits per heavy atom. The normalized spacial score (nSPS) is 33.9. The van der Waals surface area contributed by atoms with E-state index in [4.69, 9.17) is 10.2 Å². The summed E-state index contributed by atoms with van der Waals surface area (Å²) in [5.74, 6) is -2.52. The molecule has 2 aliphatic heterocycles. The highest BCUT2D eigenvalue weighted by molar-refractivity contribution is 5.75. The van der Waals surface area contributed by atoms with Crippen LogP contribution < -0.4 is 5.43 Å². The molecule has 0 spiro atoms. The molecule has 15 heavy (non-hydrogen) atoms. The summed E-state index contributed by atoms with van der Waals surface area (Å²) in [7, 11) is 0. The van der Waals surface area contributed by atoms with Crippen molar-refractivity contribution in [3.8, 4) is 0 Å². The summed E-state index contributed by atoms with van der Waals surface area (Å²) >= 11 is 0. The van der Waals surface area contributed by atoms with Crippen LogP contribution in [0.25, 0.3) is 0 Å². The topological polar surface area (TPSA) is 89.9 Å². The second-order valence-electron chi connectivity index (χ2n) is 3.87. The summed E-state index contributed by atoms with van der Waals surface area (Å²) in [6.07, 6.45) is 3.55. The molecule has 2 bridgehead atoms. The van der Waals surface area contributed by atoms with Crippen molar-refractivity contribution in [1.82, 2.24) is 10.4 Å². The molecule has 82 valence electrons. The predicted octanol–water partition coefficient (Wildman–Crippen LogP) is -0.506. The standard InChI is InChI=1S/C9H12N2O4/c12-8(13)6-1-2-11-4-5(6)3-7(10-11)9(14)15/h1-2,5-7,10H,3-4H2,(H,12,13)(H,14,15). The number of rotatable bonds is 2. The van der Waals surface area contributed by atoms with Crippen molar-refractivity contribution in [3.05, 3.63) is 12.3 Å². The summed E-state index contributed by atoms with van der Waals surface area (Å²) in [6, 6.07) is -0.685. The van der Waals surface area contributed by atoms with E-state index in [1.165, 1.54) is 0 Å². The highest BCUT2D eigenvalue weighted by Crippen LogP contribution is 2.28. The quantitative estimate of drug-likeness (QED) is 0.571. The van der Waals surface area contributed by atoms with Gasteiger partial charge in [0.25, 0.3) is 0 Å². The monoisotopic (exact) mass is 212 g/mol. The molecule has 2 rings (SSSR count). The van der Waals surface area contributed by atoms with E-state index in [2.05, 4.69) is 5.43 Å². The van der Waals surface area contributed by atoms with Crippen molar-refractivity contribution in [1.29, 1.82) is 0 Å². The van der Waals surface area contributed by atoms with E-state index in [1.807, 2.05) is 0 Å². The van der Waals surface area contributed by atoms with Crippen molar-refractivity contribution in [3.63, 3.8) is 0 Å². The SMILES string of the molecule is O=C(O)C1CC2CN(C=CC2C(=O)O)N1. The summed E-state index contributed by atoms with van der Waals surface area (Å²) in [6.45, 7) is 0.553. The number of aliphatic carboxylic acids is 2. The molecule has 3 atom stereocenters. The van der Waals surface area contributed by atoms with Gasteiger partial charge in [0.1, 0.15) is 6.04 Å². The summed E-state index contributed by atoms with van der Waals surface area (Å²) in [5, 5.41) is 19.4. The van der Waals surface area contributed by atoms with Gasteiger partial charge in [-0.05, 0) is 12.3 Å². The molecule has 1 fully saturated rings. The number of hydrazine groups is 1. The van der Waals surface area contributed by atoms with E-state index >= 15 is 0 Å². The van der Waals surface area contributed by atoms with Crippen molar-refractivity contribution in [2.24, 2.45) is 11.8 Å². The molecule has 2 heterocycles. The van der Waals surface area contributed by atoms with Crippen molar-refractivity contribution >= 4 is 11.9 Å². The van der Waals surface area contributed by atoms with Crippen LogP contribution in [0, 0.1) is 11.8 Å². The Labute approximate surface area is 86.1 Å². The molecule has 3 unspecified atom stereocenters. The zero-order valence-electron chi connectivity index (χ0n) is 7.96. The second-order valence-corrected chi connectivity index (χ2v) is 3.87. The number of hydrogen-bond acceptors (Lipinski definition) is 4. The van der Waals surface area contributed by atoms with Gasteiger partial charge in [0.15, 0.2) is 0 Å². The van der Waals surface area contributed by atoms with E-state index in [0.717, 1.165) is 0 Å². The number of fused-ring (bicyclic) bond motifs is 2. The smallest absolute Gasteiger partial charge is 0.322 e. The number of carbonyl (C=O) groups is 2. The van der Waals surface area contributed by atoms with Crippen molar-refractivity contribution < 1.29 is 19.8 Å². The minimum atomic E-state index is -0.941. The minimum Gasteiger partial charge on any atom is -0.481 e. The maximum Gasteiger partial charge on any atom is 0.322 e. The lowest BCUT2D eigenvalue weighted by Crippen LogP contribution is -2.56. The molecule has 6 heteroatoms. The molecule has 3 N–H and O–H groups in total. The van der Waals surface area contributed by atoms with E-state index in [1.54, 1.807) is 17.3 Å². The number of carboxylic acids is 2. The fourth-order valence-electron chi connectivity index (χ4n) is 2.09. The Balaban J connectivity index is 2.16. The Morgan fingerprint density at radius 2 is 2.07 bits per heavy atom. The van der Waals surface area contributed by atoms with Gasteiger partial charge in [-0.25, -0.2) is 5.43 Å². The molecule has 0 amide bonds. The maximum absolute atomic E-state index is 10.9. The molecule has 0 aromatic heterocycles. The molecular weight excluding hydrogens is 200 g/mol. The first kappa shape index (κ1) is 9.97. The summed E-state index contributed by atoms with van der Waals surface area (Å²) in [5.41, 5.74) is 2.80. The van der Waals surface area contributed by atoms with Crippen LogP contribution in [0.15, 0.2) is 12.3 Å². The van der Waals surface area contributed by atoms with Gasteiger partial charge in [-0.15, -0.1) is 0 Å². The first-order chi connectivity index (χ1) is 7.08. The molecule has 0 saturated carbocycles. The molecule has 0 aromatic carbocycles. The fraction of sp³-hybridized carbons (Fsp3) is 0.556. The third kappa shape index (κ3) is 1.80. The van der Waals surface area contributed by atoms with Gasteiger partial charge in [-0.2, -0.15) is 0 Å². The highest BCUT2D eigenvalue weighted by Gasteiger charge is 2.38. The Bertz CT molecular complexity index is 328. The minimum absolute atomic E-state index is 0.130. The lowest BCUT2D eigenvalue weighted by molar-refractivity contribution is -0.148. The zero-order valence-corrected chi connectivity index (χ0v) is 7.96. The van der Waals surface area contributed by atoms with Gasteiger partial charge in [0.05, 0.1) is 5.92 Å². The zero-order chi connectivity index (χ0) is 11.0. The van der Waals surface area contributed by atoms with Crippen molar-refractivity contribution in [2.45, 2.75) is 12.5 Å². The van der Waals surface area contributed by atoms with Crippen LogP contribution in [0.5, 0.6) is 0 Å². The van der Waals surface area contributed by atoms with E-state index in [0.29, 0.717) is 13.0 Å². The molecule has 0 aliphatic carbocycles.